The third kappa shape index (κ3) is 4.50. The average Bonchev–Trinajstić information content (AvgIpc) is 3.11. The summed E-state index contributed by atoms with van der Waals surface area (Å²) in [5.41, 5.74) is 1.72. The van der Waals surface area contributed by atoms with Gasteiger partial charge in [0.25, 0.3) is 0 Å². The average molecular weight is 504 g/mol. The highest BCUT2D eigenvalue weighted by Gasteiger charge is 2.24. The van der Waals surface area contributed by atoms with Gasteiger partial charge in [-0.25, -0.2) is 9.78 Å². The number of hydrogen-bond donors (Lipinski definition) is 1. The normalized spacial score (nSPS) is 11.4. The second-order valence-corrected chi connectivity index (χ2v) is 8.53. The molecule has 34 heavy (non-hydrogen) atoms. The van der Waals surface area contributed by atoms with E-state index in [1.165, 1.54) is 19.2 Å². The molecular formula is C23H19Cl2N3O6. The Bertz CT molecular complexity index is 1430. The predicted molar refractivity (Wildman–Crippen MR) is 128 cm³/mol. The lowest BCUT2D eigenvalue weighted by Gasteiger charge is -2.12. The van der Waals surface area contributed by atoms with Crippen LogP contribution in [0.25, 0.3) is 21.8 Å². The van der Waals surface area contributed by atoms with Crippen molar-refractivity contribution in [1.29, 1.82) is 0 Å². The predicted octanol–water partition coefficient (Wildman–Crippen LogP) is 6.44. The third-order valence-corrected chi connectivity index (χ3v) is 5.44. The molecule has 2 heterocycles. The van der Waals surface area contributed by atoms with Crippen LogP contribution in [0.5, 0.6) is 11.5 Å². The van der Waals surface area contributed by atoms with Crippen LogP contribution in [0, 0.1) is 10.1 Å². The number of nitro groups is 1. The van der Waals surface area contributed by atoms with Crippen molar-refractivity contribution >= 4 is 56.7 Å². The highest BCUT2D eigenvalue weighted by Crippen LogP contribution is 2.41. The molecule has 0 saturated heterocycles. The number of aromatic amines is 1. The zero-order valence-electron chi connectivity index (χ0n) is 18.3. The van der Waals surface area contributed by atoms with E-state index in [1.54, 1.807) is 38.2 Å². The van der Waals surface area contributed by atoms with Gasteiger partial charge in [0.05, 0.1) is 29.3 Å². The van der Waals surface area contributed by atoms with Gasteiger partial charge in [-0.15, -0.1) is 0 Å². The van der Waals surface area contributed by atoms with Gasteiger partial charge in [-0.05, 0) is 38.1 Å². The van der Waals surface area contributed by atoms with Gasteiger partial charge < -0.3 is 19.2 Å². The first-order chi connectivity index (χ1) is 16.2. The Morgan fingerprint density at radius 3 is 2.65 bits per heavy atom. The summed E-state index contributed by atoms with van der Waals surface area (Å²) in [4.78, 5) is 31.1. The minimum absolute atomic E-state index is 0.0957. The van der Waals surface area contributed by atoms with E-state index < -0.39 is 16.6 Å². The van der Waals surface area contributed by atoms with Crippen molar-refractivity contribution < 1.29 is 23.9 Å². The van der Waals surface area contributed by atoms with Crippen LogP contribution >= 0.6 is 23.2 Å². The summed E-state index contributed by atoms with van der Waals surface area (Å²) in [6, 6.07) is 7.70. The molecule has 0 atom stereocenters. The van der Waals surface area contributed by atoms with Crippen LogP contribution in [-0.2, 0) is 16.1 Å². The monoisotopic (exact) mass is 503 g/mol. The molecular weight excluding hydrogens is 485 g/mol. The number of nitrogens with zero attached hydrogens (tertiary/aromatic N) is 2. The van der Waals surface area contributed by atoms with Gasteiger partial charge in [-0.2, -0.15) is 0 Å². The van der Waals surface area contributed by atoms with Gasteiger partial charge >= 0.3 is 11.7 Å². The molecule has 9 nitrogen and oxygen atoms in total. The number of rotatable bonds is 7. The van der Waals surface area contributed by atoms with E-state index in [1.807, 2.05) is 0 Å². The van der Waals surface area contributed by atoms with Gasteiger partial charge in [0, 0.05) is 40.1 Å². The molecule has 0 unspecified atom stereocenters. The van der Waals surface area contributed by atoms with Crippen LogP contribution in [0.1, 0.15) is 29.9 Å². The van der Waals surface area contributed by atoms with Crippen molar-refractivity contribution in [2.45, 2.75) is 26.6 Å². The Labute approximate surface area is 203 Å². The number of nitro benzene ring substituents is 1. The minimum atomic E-state index is -0.632. The Morgan fingerprint density at radius 1 is 1.21 bits per heavy atom. The highest BCUT2D eigenvalue weighted by molar-refractivity contribution is 6.36. The number of nitrogens with one attached hydrogen (secondary N) is 1. The number of benzene rings is 2. The number of aromatic nitrogens is 2. The number of H-pyrrole nitrogens is 1. The van der Waals surface area contributed by atoms with Crippen LogP contribution < -0.4 is 4.74 Å². The number of halogens is 2. The molecule has 0 aliphatic heterocycles. The lowest BCUT2D eigenvalue weighted by Crippen LogP contribution is -2.15. The van der Waals surface area contributed by atoms with Gasteiger partial charge in [0.2, 0.25) is 5.75 Å². The molecule has 0 aliphatic carbocycles. The molecule has 11 heteroatoms. The molecule has 4 rings (SSSR count). The van der Waals surface area contributed by atoms with Crippen molar-refractivity contribution in [3.8, 4) is 11.5 Å². The molecule has 4 aromatic rings. The van der Waals surface area contributed by atoms with Crippen LogP contribution in [0.2, 0.25) is 10.0 Å². The second-order valence-electron chi connectivity index (χ2n) is 7.69. The molecule has 0 spiro atoms. The number of esters is 1. The van der Waals surface area contributed by atoms with E-state index in [9.17, 15) is 14.9 Å². The molecule has 0 radical (unpaired) electrons. The number of carbonyl (C=O) groups excluding carboxylic acids is 1. The summed E-state index contributed by atoms with van der Waals surface area (Å²) in [6.45, 7) is 3.62. The highest BCUT2D eigenvalue weighted by atomic mass is 35.5. The van der Waals surface area contributed by atoms with Crippen molar-refractivity contribution in [2.75, 3.05) is 7.11 Å². The van der Waals surface area contributed by atoms with Gasteiger partial charge in [0.1, 0.15) is 10.8 Å². The molecule has 0 amide bonds. The van der Waals surface area contributed by atoms with Crippen LogP contribution in [0.3, 0.4) is 0 Å². The Morgan fingerprint density at radius 2 is 1.97 bits per heavy atom. The molecule has 2 aromatic carbocycles. The van der Waals surface area contributed by atoms with Crippen molar-refractivity contribution in [3.05, 3.63) is 67.9 Å². The van der Waals surface area contributed by atoms with Gasteiger partial charge in [-0.1, -0.05) is 23.2 Å². The fourth-order valence-corrected chi connectivity index (χ4v) is 4.20. The maximum atomic E-state index is 12.7. The fourth-order valence-electron chi connectivity index (χ4n) is 3.66. The fraction of sp³-hybridized carbons (Fsp3) is 0.217. The van der Waals surface area contributed by atoms with E-state index in [0.29, 0.717) is 27.6 Å². The quantitative estimate of drug-likeness (QED) is 0.175. The summed E-state index contributed by atoms with van der Waals surface area (Å²) in [5.74, 6) is -0.349. The SMILES string of the molecule is COCc1c(C(=O)OC(C)C)ncc2[nH]c3ccc(Oc4cc(Cl)cc(Cl)c4[N+](=O)[O-])cc3c12. The Hall–Kier alpha value is -3.40. The first kappa shape index (κ1) is 23.7. The van der Waals surface area contributed by atoms with Crippen molar-refractivity contribution in [2.24, 2.45) is 0 Å². The van der Waals surface area contributed by atoms with Crippen molar-refractivity contribution in [3.63, 3.8) is 0 Å². The molecule has 0 aliphatic rings. The van der Waals surface area contributed by atoms with Crippen LogP contribution in [-0.4, -0.2) is 34.1 Å². The second kappa shape index (κ2) is 9.46. The van der Waals surface area contributed by atoms with Crippen LogP contribution in [0.15, 0.2) is 36.5 Å². The van der Waals surface area contributed by atoms with Crippen molar-refractivity contribution in [1.82, 2.24) is 9.97 Å². The minimum Gasteiger partial charge on any atom is -0.458 e. The molecule has 0 bridgehead atoms. The largest absolute Gasteiger partial charge is 0.458 e. The summed E-state index contributed by atoms with van der Waals surface area (Å²) in [7, 11) is 1.52. The molecule has 1 N–H and O–H groups in total. The number of fused-ring (bicyclic) bond motifs is 3. The number of carbonyl (C=O) groups is 1. The first-order valence-electron chi connectivity index (χ1n) is 10.1. The third-order valence-electron chi connectivity index (χ3n) is 4.94. The summed E-state index contributed by atoms with van der Waals surface area (Å²) < 4.78 is 16.5. The van der Waals surface area contributed by atoms with E-state index in [0.717, 1.165) is 5.52 Å². The first-order valence-corrected chi connectivity index (χ1v) is 10.9. The topological polar surface area (TPSA) is 117 Å². The van der Waals surface area contributed by atoms with Gasteiger partial charge in [0.15, 0.2) is 5.69 Å². The Kier molecular flexibility index (Phi) is 6.60. The molecule has 0 saturated carbocycles. The lowest BCUT2D eigenvalue weighted by molar-refractivity contribution is -0.385. The summed E-state index contributed by atoms with van der Waals surface area (Å²) in [6.07, 6.45) is 1.23. The number of methoxy groups -OCH3 is 1. The number of hydrogen-bond acceptors (Lipinski definition) is 7. The maximum Gasteiger partial charge on any atom is 0.357 e. The molecule has 0 fully saturated rings. The lowest BCUT2D eigenvalue weighted by atomic mass is 10.1. The number of ether oxygens (including phenoxy) is 3. The molecule has 176 valence electrons. The summed E-state index contributed by atoms with van der Waals surface area (Å²) >= 11 is 12.0. The smallest absolute Gasteiger partial charge is 0.357 e. The zero-order chi connectivity index (χ0) is 24.6. The van der Waals surface area contributed by atoms with E-state index in [2.05, 4.69) is 9.97 Å². The van der Waals surface area contributed by atoms with E-state index in [-0.39, 0.29) is 34.2 Å². The van der Waals surface area contributed by atoms with E-state index in [4.69, 9.17) is 37.4 Å². The summed E-state index contributed by atoms with van der Waals surface area (Å²) in [5, 5.41) is 13.0. The van der Waals surface area contributed by atoms with Gasteiger partial charge in [-0.3, -0.25) is 10.1 Å². The maximum absolute atomic E-state index is 12.7. The van der Waals surface area contributed by atoms with Crippen LogP contribution in [0.4, 0.5) is 5.69 Å². The number of pyridine rings is 1. The zero-order valence-corrected chi connectivity index (χ0v) is 19.9. The molecule has 2 aromatic heterocycles. The standard InChI is InChI=1S/C23H19Cl2N3O6/c1-11(2)33-23(29)21-15(10-32-3)20-14-8-13(4-5-17(14)27-18(20)9-26-21)34-19-7-12(24)6-16(25)22(19)28(30)31/h4-9,11,27H,10H2,1-3H3. The van der Waals surface area contributed by atoms with E-state index >= 15 is 0 Å². The Balaban J connectivity index is 1.88.